The molecule has 0 bridgehead atoms. The molecule has 0 saturated heterocycles. The summed E-state index contributed by atoms with van der Waals surface area (Å²) in [5.74, 6) is 1.41. The maximum Gasteiger partial charge on any atom is 0.223 e. The number of hydrogen-bond acceptors (Lipinski definition) is 5. The van der Waals surface area contributed by atoms with Crippen molar-refractivity contribution in [2.45, 2.75) is 19.9 Å². The van der Waals surface area contributed by atoms with Crippen molar-refractivity contribution >= 4 is 11.5 Å². The Balaban J connectivity index is 1.90. The van der Waals surface area contributed by atoms with Gasteiger partial charge in [0.1, 0.15) is 0 Å². The molecule has 1 aliphatic rings. The number of para-hydroxylation sites is 1. The molecule has 3 rings (SSSR count). The van der Waals surface area contributed by atoms with Crippen LogP contribution in [0.5, 0.6) is 0 Å². The second kappa shape index (κ2) is 4.25. The van der Waals surface area contributed by atoms with Crippen molar-refractivity contribution in [2.24, 2.45) is 0 Å². The van der Waals surface area contributed by atoms with Crippen LogP contribution in [0.2, 0.25) is 0 Å². The third kappa shape index (κ3) is 1.88. The molecule has 0 radical (unpaired) electrons. The number of aromatic nitrogens is 2. The number of aryl methyl sites for hydroxylation is 1. The second-order valence-corrected chi connectivity index (χ2v) is 4.34. The lowest BCUT2D eigenvalue weighted by atomic mass is 10.0. The summed E-state index contributed by atoms with van der Waals surface area (Å²) >= 11 is 0. The van der Waals surface area contributed by atoms with E-state index in [9.17, 15) is 4.79 Å². The zero-order chi connectivity index (χ0) is 12.5. The van der Waals surface area contributed by atoms with Crippen LogP contribution in [0.25, 0.3) is 0 Å². The number of Topliss-reactive ketones (excluding diaryl/α,β-unsaturated/α-hetero) is 1. The van der Waals surface area contributed by atoms with Crippen LogP contribution in [-0.4, -0.2) is 22.5 Å². The summed E-state index contributed by atoms with van der Waals surface area (Å²) in [7, 11) is 0. The predicted molar refractivity (Wildman–Crippen MR) is 65.5 cm³/mol. The van der Waals surface area contributed by atoms with Crippen molar-refractivity contribution in [1.82, 2.24) is 10.1 Å². The third-order valence-corrected chi connectivity index (χ3v) is 3.06. The lowest BCUT2D eigenvalue weighted by molar-refractivity contribution is 0.0979. The lowest BCUT2D eigenvalue weighted by Crippen LogP contribution is -2.31. The second-order valence-electron chi connectivity index (χ2n) is 4.34. The zero-order valence-corrected chi connectivity index (χ0v) is 10.1. The zero-order valence-electron chi connectivity index (χ0n) is 10.1. The summed E-state index contributed by atoms with van der Waals surface area (Å²) in [5, 5.41) is 3.89. The topological polar surface area (TPSA) is 59.2 Å². The summed E-state index contributed by atoms with van der Waals surface area (Å²) in [6, 6.07) is 7.65. The number of nitrogens with zero attached hydrogens (tertiary/aromatic N) is 3. The predicted octanol–water partition coefficient (Wildman–Crippen LogP) is 1.97. The van der Waals surface area contributed by atoms with Crippen LogP contribution in [0.4, 0.5) is 5.69 Å². The van der Waals surface area contributed by atoms with Gasteiger partial charge in [0.05, 0.1) is 6.54 Å². The fraction of sp³-hybridized carbons (Fsp3) is 0.308. The average Bonchev–Trinajstić information content (AvgIpc) is 2.79. The van der Waals surface area contributed by atoms with Crippen LogP contribution in [0.15, 0.2) is 28.8 Å². The smallest absolute Gasteiger partial charge is 0.223 e. The van der Waals surface area contributed by atoms with Gasteiger partial charge in [-0.3, -0.25) is 4.79 Å². The first kappa shape index (κ1) is 11.0. The van der Waals surface area contributed by atoms with Gasteiger partial charge >= 0.3 is 0 Å². The molecule has 0 amide bonds. The minimum atomic E-state index is 0.200. The molecule has 1 aliphatic heterocycles. The maximum atomic E-state index is 11.8. The molecule has 2 aromatic rings. The van der Waals surface area contributed by atoms with Gasteiger partial charge in [0.15, 0.2) is 11.6 Å². The van der Waals surface area contributed by atoms with Crippen LogP contribution >= 0.6 is 0 Å². The molecule has 0 fully saturated rings. The molecular formula is C13H13N3O2. The number of fused-ring (bicyclic) bond motifs is 1. The molecule has 5 heteroatoms. The highest BCUT2D eigenvalue weighted by molar-refractivity contribution is 6.03. The van der Waals surface area contributed by atoms with E-state index in [1.807, 2.05) is 24.3 Å². The Morgan fingerprint density at radius 3 is 3.00 bits per heavy atom. The Morgan fingerprint density at radius 1 is 1.39 bits per heavy atom. The molecule has 1 aromatic heterocycles. The third-order valence-electron chi connectivity index (χ3n) is 3.06. The fourth-order valence-corrected chi connectivity index (χ4v) is 2.22. The molecule has 0 N–H and O–H groups in total. The summed E-state index contributed by atoms with van der Waals surface area (Å²) in [6.07, 6.45) is 0.536. The van der Waals surface area contributed by atoms with Gasteiger partial charge in [0.2, 0.25) is 5.89 Å². The van der Waals surface area contributed by atoms with Crippen LogP contribution in [0.1, 0.15) is 28.5 Å². The van der Waals surface area contributed by atoms with Gasteiger partial charge in [-0.15, -0.1) is 0 Å². The monoisotopic (exact) mass is 243 g/mol. The van der Waals surface area contributed by atoms with Gasteiger partial charge in [0.25, 0.3) is 0 Å². The van der Waals surface area contributed by atoms with E-state index in [-0.39, 0.29) is 5.78 Å². The summed E-state index contributed by atoms with van der Waals surface area (Å²) in [5.41, 5.74) is 1.74. The number of anilines is 1. The van der Waals surface area contributed by atoms with Crippen molar-refractivity contribution in [3.8, 4) is 0 Å². The number of rotatable bonds is 2. The highest BCUT2D eigenvalue weighted by atomic mass is 16.5. The molecule has 5 nitrogen and oxygen atoms in total. The molecule has 0 unspecified atom stereocenters. The number of hydrogen-bond donors (Lipinski definition) is 0. The Hall–Kier alpha value is -2.17. The summed E-state index contributed by atoms with van der Waals surface area (Å²) in [4.78, 5) is 18.1. The summed E-state index contributed by atoms with van der Waals surface area (Å²) in [6.45, 7) is 3.04. The Labute approximate surface area is 104 Å². The quantitative estimate of drug-likeness (QED) is 0.807. The first-order chi connectivity index (χ1) is 8.74. The van der Waals surface area contributed by atoms with Gasteiger partial charge in [-0.2, -0.15) is 4.98 Å². The Bertz CT molecular complexity index is 591. The molecule has 0 atom stereocenters. The number of carbonyl (C=O) groups excluding carboxylic acids is 1. The fourth-order valence-electron chi connectivity index (χ4n) is 2.22. The molecule has 92 valence electrons. The normalized spacial score (nSPS) is 14.7. The first-order valence-corrected chi connectivity index (χ1v) is 5.90. The molecule has 0 spiro atoms. The molecular weight excluding hydrogens is 230 g/mol. The number of carbonyl (C=O) groups is 1. The SMILES string of the molecule is Cc1nc(CN2CCC(=O)c3ccccc32)no1. The molecule has 1 aromatic carbocycles. The average molecular weight is 243 g/mol. The van der Waals surface area contributed by atoms with E-state index in [1.165, 1.54) is 0 Å². The van der Waals surface area contributed by atoms with Crippen molar-refractivity contribution in [1.29, 1.82) is 0 Å². The van der Waals surface area contributed by atoms with E-state index >= 15 is 0 Å². The van der Waals surface area contributed by atoms with E-state index < -0.39 is 0 Å². The highest BCUT2D eigenvalue weighted by Crippen LogP contribution is 2.27. The molecule has 2 heterocycles. The number of benzene rings is 1. The number of ketones is 1. The first-order valence-electron chi connectivity index (χ1n) is 5.90. The van der Waals surface area contributed by atoms with E-state index in [2.05, 4.69) is 15.0 Å². The lowest BCUT2D eigenvalue weighted by Gasteiger charge is -2.29. The van der Waals surface area contributed by atoms with Gasteiger partial charge in [-0.25, -0.2) is 0 Å². The van der Waals surface area contributed by atoms with E-state index in [0.29, 0.717) is 31.2 Å². The van der Waals surface area contributed by atoms with Crippen LogP contribution in [0, 0.1) is 6.92 Å². The largest absolute Gasteiger partial charge is 0.363 e. The Morgan fingerprint density at radius 2 is 2.22 bits per heavy atom. The maximum absolute atomic E-state index is 11.8. The van der Waals surface area contributed by atoms with E-state index in [1.54, 1.807) is 6.92 Å². The Kier molecular flexibility index (Phi) is 2.59. The van der Waals surface area contributed by atoms with Gasteiger partial charge in [0, 0.05) is 31.1 Å². The van der Waals surface area contributed by atoms with Crippen molar-refractivity contribution in [2.75, 3.05) is 11.4 Å². The highest BCUT2D eigenvalue weighted by Gasteiger charge is 2.23. The standard InChI is InChI=1S/C13H13N3O2/c1-9-14-13(15-18-9)8-16-7-6-12(17)10-4-2-3-5-11(10)16/h2-5H,6-8H2,1H3. The van der Waals surface area contributed by atoms with Crippen molar-refractivity contribution in [3.63, 3.8) is 0 Å². The van der Waals surface area contributed by atoms with Crippen molar-refractivity contribution in [3.05, 3.63) is 41.5 Å². The van der Waals surface area contributed by atoms with Gasteiger partial charge in [-0.1, -0.05) is 17.3 Å². The molecule has 0 aliphatic carbocycles. The minimum Gasteiger partial charge on any atom is -0.363 e. The van der Waals surface area contributed by atoms with E-state index in [0.717, 1.165) is 11.3 Å². The van der Waals surface area contributed by atoms with Crippen molar-refractivity contribution < 1.29 is 9.32 Å². The summed E-state index contributed by atoms with van der Waals surface area (Å²) < 4.78 is 4.96. The van der Waals surface area contributed by atoms with E-state index in [4.69, 9.17) is 4.52 Å². The van der Waals surface area contributed by atoms with Crippen LogP contribution < -0.4 is 4.90 Å². The van der Waals surface area contributed by atoms with Crippen LogP contribution in [0.3, 0.4) is 0 Å². The molecule has 18 heavy (non-hydrogen) atoms. The molecule has 0 saturated carbocycles. The van der Waals surface area contributed by atoms with Crippen LogP contribution in [-0.2, 0) is 6.54 Å². The minimum absolute atomic E-state index is 0.200. The van der Waals surface area contributed by atoms with Gasteiger partial charge in [-0.05, 0) is 12.1 Å². The van der Waals surface area contributed by atoms with Gasteiger partial charge < -0.3 is 9.42 Å².